The van der Waals surface area contributed by atoms with Crippen LogP contribution in [0.5, 0.6) is 0 Å². The molecule has 0 aromatic heterocycles. The van der Waals surface area contributed by atoms with Crippen molar-refractivity contribution < 1.29 is 19.1 Å². The van der Waals surface area contributed by atoms with Crippen LogP contribution in [-0.4, -0.2) is 24.4 Å². The third kappa shape index (κ3) is 1.76. The number of fused-ring (bicyclic) bond motifs is 3. The first-order valence-corrected chi connectivity index (χ1v) is 8.92. The van der Waals surface area contributed by atoms with E-state index >= 15 is 0 Å². The molecule has 4 aliphatic rings. The van der Waals surface area contributed by atoms with Gasteiger partial charge in [0, 0.05) is 0 Å². The normalized spacial score (nSPS) is 33.2. The van der Waals surface area contributed by atoms with E-state index in [9.17, 15) is 14.4 Å². The maximum absolute atomic E-state index is 13.0. The third-order valence-corrected chi connectivity index (χ3v) is 6.49. The highest BCUT2D eigenvalue weighted by Crippen LogP contribution is 2.73. The number of hydrogen-bond acceptors (Lipinski definition) is 4. The van der Waals surface area contributed by atoms with Crippen molar-refractivity contribution in [2.75, 3.05) is 11.5 Å². The van der Waals surface area contributed by atoms with Gasteiger partial charge in [0.2, 0.25) is 11.8 Å². The molecule has 5 nitrogen and oxygen atoms in total. The Morgan fingerprint density at radius 3 is 2.12 bits per heavy atom. The molecule has 2 amide bonds. The molecule has 0 N–H and O–H groups in total. The van der Waals surface area contributed by atoms with Gasteiger partial charge in [-0.1, -0.05) is 12.2 Å². The van der Waals surface area contributed by atoms with E-state index < -0.39 is 5.97 Å². The van der Waals surface area contributed by atoms with Gasteiger partial charge in [-0.2, -0.15) is 0 Å². The molecular formula is C20H19NO4. The average molecular weight is 337 g/mol. The van der Waals surface area contributed by atoms with Crippen molar-refractivity contribution in [3.05, 3.63) is 42.0 Å². The average Bonchev–Trinajstić information content (AvgIpc) is 3.20. The molecule has 3 aliphatic carbocycles. The molecule has 0 unspecified atom stereocenters. The summed E-state index contributed by atoms with van der Waals surface area (Å²) in [5.74, 6) is -0.512. The standard InChI is InChI=1S/C20H19NO4/c1-2-25-19(24)11-3-5-12(6-4-11)21-17(22)15-13-7-8-14(16(15)18(21)23)20(13)9-10-20/h3-8,13-16H,2,9-10H2,1H3/t13-,14-,15-,16-/m0/s1. The van der Waals surface area contributed by atoms with Crippen LogP contribution in [0.3, 0.4) is 0 Å². The lowest BCUT2D eigenvalue weighted by atomic mass is 9.85. The van der Waals surface area contributed by atoms with Crippen molar-refractivity contribution in [1.29, 1.82) is 0 Å². The summed E-state index contributed by atoms with van der Waals surface area (Å²) < 4.78 is 4.97. The van der Waals surface area contributed by atoms with E-state index in [0.717, 1.165) is 12.8 Å². The number of amides is 2. The van der Waals surface area contributed by atoms with Gasteiger partial charge in [-0.3, -0.25) is 14.5 Å². The number of anilines is 1. The fourth-order valence-electron chi connectivity index (χ4n) is 5.29. The topological polar surface area (TPSA) is 63.7 Å². The number of rotatable bonds is 3. The fourth-order valence-corrected chi connectivity index (χ4v) is 5.29. The van der Waals surface area contributed by atoms with Crippen LogP contribution in [0.25, 0.3) is 0 Å². The number of imide groups is 1. The molecule has 0 radical (unpaired) electrons. The zero-order valence-electron chi connectivity index (χ0n) is 14.0. The molecule has 1 aromatic carbocycles. The number of esters is 1. The second-order valence-electron chi connectivity index (χ2n) is 7.50. The van der Waals surface area contributed by atoms with Gasteiger partial charge in [0.05, 0.1) is 29.7 Å². The summed E-state index contributed by atoms with van der Waals surface area (Å²) in [4.78, 5) is 39.1. The molecule has 25 heavy (non-hydrogen) atoms. The van der Waals surface area contributed by atoms with Crippen LogP contribution in [0.1, 0.15) is 30.1 Å². The van der Waals surface area contributed by atoms with Gasteiger partial charge >= 0.3 is 5.97 Å². The van der Waals surface area contributed by atoms with E-state index in [1.54, 1.807) is 31.2 Å². The zero-order valence-corrected chi connectivity index (χ0v) is 14.0. The molecule has 4 atom stereocenters. The van der Waals surface area contributed by atoms with Crippen LogP contribution in [0.4, 0.5) is 5.69 Å². The minimum absolute atomic E-state index is 0.0815. The number of benzene rings is 1. The van der Waals surface area contributed by atoms with Crippen molar-refractivity contribution in [1.82, 2.24) is 0 Å². The maximum atomic E-state index is 13.0. The second kappa shape index (κ2) is 4.81. The summed E-state index contributed by atoms with van der Waals surface area (Å²) >= 11 is 0. The van der Waals surface area contributed by atoms with E-state index in [0.29, 0.717) is 17.9 Å². The lowest BCUT2D eigenvalue weighted by Crippen LogP contribution is -2.34. The van der Waals surface area contributed by atoms with Crippen molar-refractivity contribution in [2.24, 2.45) is 29.1 Å². The third-order valence-electron chi connectivity index (χ3n) is 6.49. The van der Waals surface area contributed by atoms with Crippen molar-refractivity contribution in [3.63, 3.8) is 0 Å². The Kier molecular flexibility index (Phi) is 2.86. The van der Waals surface area contributed by atoms with Gasteiger partial charge < -0.3 is 4.74 Å². The summed E-state index contributed by atoms with van der Waals surface area (Å²) in [5, 5.41) is 0. The van der Waals surface area contributed by atoms with Gasteiger partial charge in [0.15, 0.2) is 0 Å². The summed E-state index contributed by atoms with van der Waals surface area (Å²) in [6.07, 6.45) is 6.60. The second-order valence-corrected chi connectivity index (χ2v) is 7.50. The highest BCUT2D eigenvalue weighted by atomic mass is 16.5. The Bertz CT molecular complexity index is 787. The number of carbonyl (C=O) groups is 3. The zero-order chi connectivity index (χ0) is 17.3. The Morgan fingerprint density at radius 1 is 1.08 bits per heavy atom. The number of nitrogens with zero attached hydrogens (tertiary/aromatic N) is 1. The Balaban J connectivity index is 1.44. The minimum atomic E-state index is -0.400. The quantitative estimate of drug-likeness (QED) is 0.483. The molecule has 1 heterocycles. The molecule has 2 saturated carbocycles. The monoisotopic (exact) mass is 337 g/mol. The number of carbonyl (C=O) groups excluding carboxylic acids is 3. The van der Waals surface area contributed by atoms with Gasteiger partial charge in [-0.05, 0) is 61.3 Å². The Morgan fingerprint density at radius 2 is 1.64 bits per heavy atom. The highest BCUT2D eigenvalue weighted by Gasteiger charge is 2.73. The molecule has 1 aromatic rings. The van der Waals surface area contributed by atoms with Crippen LogP contribution < -0.4 is 4.90 Å². The largest absolute Gasteiger partial charge is 0.462 e. The lowest BCUT2D eigenvalue weighted by Gasteiger charge is -2.21. The molecule has 128 valence electrons. The smallest absolute Gasteiger partial charge is 0.338 e. The van der Waals surface area contributed by atoms with Gasteiger partial charge in [-0.25, -0.2) is 4.79 Å². The molecule has 2 bridgehead atoms. The first-order chi connectivity index (χ1) is 12.1. The molecule has 5 rings (SSSR count). The van der Waals surface area contributed by atoms with Crippen LogP contribution in [0.15, 0.2) is 36.4 Å². The SMILES string of the molecule is CCOC(=O)c1ccc(N2C(=O)[C@@H]3[C@@H](C2=O)[C@@H]2C=C[C@@H]3C23CC3)cc1. The summed E-state index contributed by atoms with van der Waals surface area (Å²) in [5.41, 5.74) is 1.17. The van der Waals surface area contributed by atoms with Crippen LogP contribution in [0, 0.1) is 29.1 Å². The molecule has 3 fully saturated rings. The van der Waals surface area contributed by atoms with Crippen molar-refractivity contribution >= 4 is 23.5 Å². The van der Waals surface area contributed by atoms with Gasteiger partial charge in [0.25, 0.3) is 0 Å². The summed E-state index contributed by atoms with van der Waals surface area (Å²) in [6, 6.07) is 6.53. The molecular weight excluding hydrogens is 318 g/mol. The van der Waals surface area contributed by atoms with Gasteiger partial charge in [0.1, 0.15) is 0 Å². The van der Waals surface area contributed by atoms with E-state index in [4.69, 9.17) is 4.74 Å². The van der Waals surface area contributed by atoms with Crippen LogP contribution in [0.2, 0.25) is 0 Å². The summed E-state index contributed by atoms with van der Waals surface area (Å²) in [7, 11) is 0. The summed E-state index contributed by atoms with van der Waals surface area (Å²) in [6.45, 7) is 2.06. The van der Waals surface area contributed by atoms with Gasteiger partial charge in [-0.15, -0.1) is 0 Å². The Labute approximate surface area is 145 Å². The van der Waals surface area contributed by atoms with Crippen LogP contribution >= 0.6 is 0 Å². The predicted octanol–water partition coefficient (Wildman–Crippen LogP) is 2.56. The van der Waals surface area contributed by atoms with Crippen molar-refractivity contribution in [2.45, 2.75) is 19.8 Å². The highest BCUT2D eigenvalue weighted by molar-refractivity contribution is 6.23. The van der Waals surface area contributed by atoms with E-state index in [-0.39, 0.29) is 40.9 Å². The first kappa shape index (κ1) is 14.9. The van der Waals surface area contributed by atoms with E-state index in [1.165, 1.54) is 4.90 Å². The van der Waals surface area contributed by atoms with Crippen LogP contribution in [-0.2, 0) is 14.3 Å². The maximum Gasteiger partial charge on any atom is 0.338 e. The molecule has 1 aliphatic heterocycles. The molecule has 1 spiro atoms. The Hall–Kier alpha value is -2.43. The number of hydrogen-bond donors (Lipinski definition) is 0. The lowest BCUT2D eigenvalue weighted by molar-refractivity contribution is -0.123. The van der Waals surface area contributed by atoms with E-state index in [1.807, 2.05) is 0 Å². The van der Waals surface area contributed by atoms with E-state index in [2.05, 4.69) is 12.2 Å². The molecule has 1 saturated heterocycles. The fraction of sp³-hybridized carbons (Fsp3) is 0.450. The van der Waals surface area contributed by atoms with Crippen molar-refractivity contribution in [3.8, 4) is 0 Å². The number of allylic oxidation sites excluding steroid dienone is 2. The minimum Gasteiger partial charge on any atom is -0.462 e. The first-order valence-electron chi connectivity index (χ1n) is 8.92. The predicted molar refractivity (Wildman–Crippen MR) is 89.7 cm³/mol. The molecule has 5 heteroatoms. The number of ether oxygens (including phenoxy) is 1.